The average molecular weight is 389 g/mol. The van der Waals surface area contributed by atoms with Gasteiger partial charge in [-0.3, -0.25) is 0 Å². The monoisotopic (exact) mass is 389 g/mol. The molecule has 0 radical (unpaired) electrons. The second-order valence-electron chi connectivity index (χ2n) is 7.50. The lowest BCUT2D eigenvalue weighted by molar-refractivity contribution is 0.00578. The number of aromatic nitrogens is 1. The summed E-state index contributed by atoms with van der Waals surface area (Å²) in [5.74, 6) is 0.780. The van der Waals surface area contributed by atoms with E-state index in [2.05, 4.69) is 4.98 Å². The first kappa shape index (κ1) is 19.9. The van der Waals surface area contributed by atoms with Crippen LogP contribution >= 0.6 is 0 Å². The molecule has 1 fully saturated rings. The van der Waals surface area contributed by atoms with E-state index in [-0.39, 0.29) is 10.6 Å². The molecule has 0 amide bonds. The van der Waals surface area contributed by atoms with E-state index in [1.165, 1.54) is 6.07 Å². The van der Waals surface area contributed by atoms with Gasteiger partial charge in [-0.05, 0) is 57.4 Å². The molecule has 0 saturated carbocycles. The maximum Gasteiger partial charge on any atom is 0.495 e. The normalized spacial score (nSPS) is 18.5. The maximum absolute atomic E-state index is 12.1. The third kappa shape index (κ3) is 4.02. The fraction of sp³-hybridized carbons (Fsp3) is 0.421. The Hall–Kier alpha value is -1.90. The van der Waals surface area contributed by atoms with E-state index in [9.17, 15) is 8.42 Å². The zero-order valence-corrected chi connectivity index (χ0v) is 17.0. The number of benzene rings is 1. The predicted octanol–water partition coefficient (Wildman–Crippen LogP) is 2.97. The summed E-state index contributed by atoms with van der Waals surface area (Å²) in [6, 6.07) is 9.95. The molecule has 2 heterocycles. The summed E-state index contributed by atoms with van der Waals surface area (Å²) in [5, 5.41) is 0. The van der Waals surface area contributed by atoms with Crippen molar-refractivity contribution >= 4 is 22.4 Å². The second-order valence-corrected chi connectivity index (χ2v) is 9.77. The van der Waals surface area contributed by atoms with E-state index >= 15 is 0 Å². The maximum atomic E-state index is 12.1. The first-order valence-electron chi connectivity index (χ1n) is 8.86. The van der Waals surface area contributed by atoms with E-state index < -0.39 is 28.2 Å². The van der Waals surface area contributed by atoms with E-state index in [0.717, 1.165) is 5.46 Å². The van der Waals surface area contributed by atoms with Crippen LogP contribution in [0.15, 0.2) is 47.5 Å². The SMILES string of the molecule is CCS(=O)(=O)c1cccc(Oc2cc(B3OC(C)(C)C(C)(C)O3)ccn2)c1. The lowest BCUT2D eigenvalue weighted by Gasteiger charge is -2.32. The number of nitrogens with zero attached hydrogens (tertiary/aromatic N) is 1. The molecule has 1 saturated heterocycles. The van der Waals surface area contributed by atoms with Crippen LogP contribution in [0.1, 0.15) is 34.6 Å². The summed E-state index contributed by atoms with van der Waals surface area (Å²) in [7, 11) is -3.82. The molecule has 0 unspecified atom stereocenters. The van der Waals surface area contributed by atoms with Gasteiger partial charge in [0.2, 0.25) is 5.88 Å². The van der Waals surface area contributed by atoms with Crippen molar-refractivity contribution in [2.24, 2.45) is 0 Å². The van der Waals surface area contributed by atoms with E-state index in [4.69, 9.17) is 14.0 Å². The van der Waals surface area contributed by atoms with Crippen molar-refractivity contribution in [3.05, 3.63) is 42.6 Å². The number of hydrogen-bond donors (Lipinski definition) is 0. The average Bonchev–Trinajstić information content (AvgIpc) is 2.83. The standard InChI is InChI=1S/C19H24BNO5S/c1-6-27(22,23)16-9-7-8-15(13-16)24-17-12-14(10-11-21-17)20-25-18(2,3)19(4,5)26-20/h7-13H,6H2,1-5H3. The Bertz CT molecular complexity index is 927. The van der Waals surface area contributed by atoms with Gasteiger partial charge in [-0.15, -0.1) is 0 Å². The fourth-order valence-electron chi connectivity index (χ4n) is 2.62. The Morgan fingerprint density at radius 3 is 2.37 bits per heavy atom. The Morgan fingerprint density at radius 2 is 1.74 bits per heavy atom. The van der Waals surface area contributed by atoms with Crippen molar-refractivity contribution in [2.75, 3.05) is 5.75 Å². The van der Waals surface area contributed by atoms with Crippen LogP contribution < -0.4 is 10.2 Å². The van der Waals surface area contributed by atoms with Crippen LogP contribution in [0.5, 0.6) is 11.6 Å². The molecule has 1 aromatic carbocycles. The Balaban J connectivity index is 1.83. The molecule has 144 valence electrons. The molecule has 3 rings (SSSR count). The predicted molar refractivity (Wildman–Crippen MR) is 104 cm³/mol. The molecule has 8 heteroatoms. The summed E-state index contributed by atoms with van der Waals surface area (Å²) >= 11 is 0. The van der Waals surface area contributed by atoms with Gasteiger partial charge in [0.25, 0.3) is 0 Å². The van der Waals surface area contributed by atoms with Crippen molar-refractivity contribution in [1.82, 2.24) is 4.98 Å². The van der Waals surface area contributed by atoms with Crippen LogP contribution in [0.25, 0.3) is 0 Å². The molecule has 0 atom stereocenters. The minimum Gasteiger partial charge on any atom is -0.439 e. The summed E-state index contributed by atoms with van der Waals surface area (Å²) < 4.78 is 42.0. The summed E-state index contributed by atoms with van der Waals surface area (Å²) in [5.41, 5.74) is -0.0914. The molecule has 0 aliphatic carbocycles. The number of sulfone groups is 1. The largest absolute Gasteiger partial charge is 0.495 e. The summed E-state index contributed by atoms with van der Waals surface area (Å²) in [4.78, 5) is 4.43. The zero-order valence-electron chi connectivity index (χ0n) is 16.2. The second kappa shape index (κ2) is 6.93. The van der Waals surface area contributed by atoms with Gasteiger partial charge in [0.05, 0.1) is 21.9 Å². The molecule has 0 spiro atoms. The van der Waals surface area contributed by atoms with Crippen LogP contribution in [0.3, 0.4) is 0 Å². The smallest absolute Gasteiger partial charge is 0.439 e. The Labute approximate surface area is 160 Å². The highest BCUT2D eigenvalue weighted by molar-refractivity contribution is 7.91. The third-order valence-electron chi connectivity index (χ3n) is 5.05. The molecule has 6 nitrogen and oxygen atoms in total. The van der Waals surface area contributed by atoms with Gasteiger partial charge < -0.3 is 14.0 Å². The minimum atomic E-state index is -3.30. The molecule has 1 aromatic heterocycles. The lowest BCUT2D eigenvalue weighted by Crippen LogP contribution is -2.41. The van der Waals surface area contributed by atoms with E-state index in [1.54, 1.807) is 37.4 Å². The van der Waals surface area contributed by atoms with Gasteiger partial charge in [-0.25, -0.2) is 13.4 Å². The molecular formula is C19H24BNO5S. The Morgan fingerprint density at radius 1 is 1.07 bits per heavy atom. The van der Waals surface area contributed by atoms with Crippen LogP contribution in [0, 0.1) is 0 Å². The van der Waals surface area contributed by atoms with Crippen molar-refractivity contribution in [3.8, 4) is 11.6 Å². The first-order chi connectivity index (χ1) is 12.5. The van der Waals surface area contributed by atoms with Crippen molar-refractivity contribution in [3.63, 3.8) is 0 Å². The molecule has 1 aliphatic heterocycles. The number of ether oxygens (including phenoxy) is 1. The summed E-state index contributed by atoms with van der Waals surface area (Å²) in [6.45, 7) is 9.57. The van der Waals surface area contributed by atoms with Crippen LogP contribution in [0.2, 0.25) is 0 Å². The van der Waals surface area contributed by atoms with Gasteiger partial charge in [-0.2, -0.15) is 0 Å². The van der Waals surface area contributed by atoms with Gasteiger partial charge in [0.15, 0.2) is 9.84 Å². The quantitative estimate of drug-likeness (QED) is 0.732. The number of hydrogen-bond acceptors (Lipinski definition) is 6. The molecule has 2 aromatic rings. The van der Waals surface area contributed by atoms with Crippen molar-refractivity contribution < 1.29 is 22.5 Å². The summed E-state index contributed by atoms with van der Waals surface area (Å²) in [6.07, 6.45) is 1.61. The van der Waals surface area contributed by atoms with E-state index in [1.807, 2.05) is 33.8 Å². The Kier molecular flexibility index (Phi) is 5.09. The van der Waals surface area contributed by atoms with E-state index in [0.29, 0.717) is 11.6 Å². The van der Waals surface area contributed by atoms with Gasteiger partial charge in [0, 0.05) is 12.3 Å². The molecule has 27 heavy (non-hydrogen) atoms. The number of rotatable bonds is 5. The zero-order chi connectivity index (χ0) is 19.9. The highest BCUT2D eigenvalue weighted by Crippen LogP contribution is 2.36. The van der Waals surface area contributed by atoms with Gasteiger partial charge in [-0.1, -0.05) is 13.0 Å². The van der Waals surface area contributed by atoms with Gasteiger partial charge >= 0.3 is 7.12 Å². The molecule has 0 N–H and O–H groups in total. The molecule has 1 aliphatic rings. The first-order valence-corrected chi connectivity index (χ1v) is 10.5. The third-order valence-corrected chi connectivity index (χ3v) is 6.78. The van der Waals surface area contributed by atoms with Crippen molar-refractivity contribution in [1.29, 1.82) is 0 Å². The topological polar surface area (TPSA) is 74.7 Å². The van der Waals surface area contributed by atoms with Gasteiger partial charge in [0.1, 0.15) is 5.75 Å². The highest BCUT2D eigenvalue weighted by atomic mass is 32.2. The lowest BCUT2D eigenvalue weighted by atomic mass is 9.80. The minimum absolute atomic E-state index is 0.0338. The van der Waals surface area contributed by atoms with Crippen LogP contribution in [-0.2, 0) is 19.1 Å². The molecule has 0 bridgehead atoms. The number of pyridine rings is 1. The van der Waals surface area contributed by atoms with Crippen LogP contribution in [0.4, 0.5) is 0 Å². The fourth-order valence-corrected chi connectivity index (χ4v) is 3.54. The highest BCUT2D eigenvalue weighted by Gasteiger charge is 2.51. The molecular weight excluding hydrogens is 365 g/mol. The van der Waals surface area contributed by atoms with Crippen molar-refractivity contribution in [2.45, 2.75) is 50.7 Å². The van der Waals surface area contributed by atoms with Crippen LogP contribution in [-0.4, -0.2) is 37.5 Å².